The largest absolute Gasteiger partial charge is 0.353 e. The van der Waals surface area contributed by atoms with Crippen molar-refractivity contribution in [2.45, 2.75) is 39.2 Å². The van der Waals surface area contributed by atoms with Gasteiger partial charge in [0.2, 0.25) is 5.91 Å². The van der Waals surface area contributed by atoms with E-state index >= 15 is 0 Å². The summed E-state index contributed by atoms with van der Waals surface area (Å²) in [6.07, 6.45) is 2.76. The molecule has 1 aliphatic rings. The molecule has 0 aromatic carbocycles. The molecule has 0 aromatic heterocycles. The van der Waals surface area contributed by atoms with Crippen molar-refractivity contribution >= 4 is 17.7 Å². The Kier molecular flexibility index (Phi) is 6.21. The van der Waals surface area contributed by atoms with Gasteiger partial charge in [-0.15, -0.1) is 0 Å². The lowest BCUT2D eigenvalue weighted by Crippen LogP contribution is -2.36. The van der Waals surface area contributed by atoms with E-state index in [-0.39, 0.29) is 5.91 Å². The second-order valence-electron chi connectivity index (χ2n) is 5.06. The minimum absolute atomic E-state index is 0.184. The zero-order valence-electron chi connectivity index (χ0n) is 10.4. The molecule has 0 radical (unpaired) electrons. The highest BCUT2D eigenvalue weighted by Gasteiger charge is 2.19. The Balaban J connectivity index is 2.24. The van der Waals surface area contributed by atoms with Crippen LogP contribution >= 0.6 is 11.8 Å². The molecule has 2 atom stereocenters. The van der Waals surface area contributed by atoms with E-state index in [2.05, 4.69) is 19.2 Å². The maximum atomic E-state index is 11.8. The van der Waals surface area contributed by atoms with Gasteiger partial charge in [0, 0.05) is 18.2 Å². The fraction of sp³-hybridized carbons (Fsp3) is 0.917. The number of rotatable bonds is 6. The Bertz CT molecular complexity index is 215. The second kappa shape index (κ2) is 7.17. The van der Waals surface area contributed by atoms with Gasteiger partial charge in [-0.2, -0.15) is 11.8 Å². The van der Waals surface area contributed by atoms with Crippen LogP contribution in [0.25, 0.3) is 0 Å². The van der Waals surface area contributed by atoms with E-state index in [1.165, 1.54) is 5.75 Å². The van der Waals surface area contributed by atoms with Crippen LogP contribution in [0.4, 0.5) is 0 Å². The van der Waals surface area contributed by atoms with Crippen molar-refractivity contribution in [3.63, 3.8) is 0 Å². The number of nitrogens with one attached hydrogen (secondary N) is 1. The molecule has 4 heteroatoms. The molecule has 1 fully saturated rings. The molecule has 1 saturated heterocycles. The molecular weight excluding hydrogens is 220 g/mol. The van der Waals surface area contributed by atoms with Crippen LogP contribution in [0.2, 0.25) is 0 Å². The van der Waals surface area contributed by atoms with Gasteiger partial charge in [0.1, 0.15) is 0 Å². The third-order valence-corrected chi connectivity index (χ3v) is 4.07. The maximum Gasteiger partial charge on any atom is 0.220 e. The Morgan fingerprint density at radius 3 is 2.81 bits per heavy atom. The summed E-state index contributed by atoms with van der Waals surface area (Å²) in [6.45, 7) is 4.97. The predicted octanol–water partition coefficient (Wildman–Crippen LogP) is 1.62. The van der Waals surface area contributed by atoms with Crippen molar-refractivity contribution < 1.29 is 4.79 Å². The van der Waals surface area contributed by atoms with Gasteiger partial charge in [0.25, 0.3) is 0 Å². The molecule has 3 N–H and O–H groups in total. The predicted molar refractivity (Wildman–Crippen MR) is 70.5 cm³/mol. The first-order valence-electron chi connectivity index (χ1n) is 6.19. The summed E-state index contributed by atoms with van der Waals surface area (Å²) in [6, 6.07) is 0.398. The number of hydrogen-bond acceptors (Lipinski definition) is 3. The molecule has 0 bridgehead atoms. The molecule has 1 aliphatic heterocycles. The van der Waals surface area contributed by atoms with Crippen LogP contribution in [-0.4, -0.2) is 30.0 Å². The highest BCUT2D eigenvalue weighted by molar-refractivity contribution is 7.99. The average molecular weight is 244 g/mol. The third kappa shape index (κ3) is 5.21. The smallest absolute Gasteiger partial charge is 0.220 e. The summed E-state index contributed by atoms with van der Waals surface area (Å²) in [5, 5.41) is 3.10. The topological polar surface area (TPSA) is 55.1 Å². The van der Waals surface area contributed by atoms with E-state index in [0.29, 0.717) is 30.8 Å². The average Bonchev–Trinajstić information content (AvgIpc) is 2.68. The molecule has 0 aliphatic carbocycles. The van der Waals surface area contributed by atoms with E-state index in [0.717, 1.165) is 18.6 Å². The Hall–Kier alpha value is -0.220. The first-order chi connectivity index (χ1) is 7.61. The minimum Gasteiger partial charge on any atom is -0.353 e. The molecule has 0 spiro atoms. The summed E-state index contributed by atoms with van der Waals surface area (Å²) in [5.41, 5.74) is 5.69. The van der Waals surface area contributed by atoms with Crippen LogP contribution in [0.15, 0.2) is 0 Å². The molecule has 0 aromatic rings. The number of carbonyl (C=O) groups excluding carboxylic acids is 1. The van der Waals surface area contributed by atoms with E-state index in [4.69, 9.17) is 5.73 Å². The van der Waals surface area contributed by atoms with Crippen LogP contribution in [0.1, 0.15) is 33.1 Å². The third-order valence-electron chi connectivity index (χ3n) is 2.91. The Morgan fingerprint density at radius 1 is 1.56 bits per heavy atom. The summed E-state index contributed by atoms with van der Waals surface area (Å²) in [5.74, 6) is 3.39. The van der Waals surface area contributed by atoms with Crippen LogP contribution in [0.5, 0.6) is 0 Å². The summed E-state index contributed by atoms with van der Waals surface area (Å²) in [7, 11) is 0. The lowest BCUT2D eigenvalue weighted by atomic mass is 9.94. The first kappa shape index (κ1) is 13.8. The molecule has 1 rings (SSSR count). The fourth-order valence-corrected chi connectivity index (χ4v) is 3.28. The first-order valence-corrected chi connectivity index (χ1v) is 7.34. The van der Waals surface area contributed by atoms with Gasteiger partial charge in [0.15, 0.2) is 0 Å². The van der Waals surface area contributed by atoms with Crippen LogP contribution in [-0.2, 0) is 4.79 Å². The molecule has 94 valence electrons. The van der Waals surface area contributed by atoms with Crippen LogP contribution in [0, 0.1) is 11.8 Å². The number of nitrogens with two attached hydrogens (primary N) is 1. The number of hydrogen-bond donors (Lipinski definition) is 2. The fourth-order valence-electron chi connectivity index (χ4n) is 2.13. The summed E-state index contributed by atoms with van der Waals surface area (Å²) >= 11 is 1.92. The zero-order valence-corrected chi connectivity index (χ0v) is 11.2. The molecule has 16 heavy (non-hydrogen) atoms. The SMILES string of the molecule is CC(C)CC(CN)CC(=O)NC1CCSC1. The van der Waals surface area contributed by atoms with Crippen molar-refractivity contribution in [1.29, 1.82) is 0 Å². The number of carbonyl (C=O) groups is 1. The standard InChI is InChI=1S/C12H24N2OS/c1-9(2)5-10(7-13)6-12(15)14-11-3-4-16-8-11/h9-11H,3-8,13H2,1-2H3,(H,14,15). The summed E-state index contributed by atoms with van der Waals surface area (Å²) < 4.78 is 0. The molecular formula is C12H24N2OS. The Labute approximate surface area is 103 Å². The van der Waals surface area contributed by atoms with Gasteiger partial charge < -0.3 is 11.1 Å². The van der Waals surface area contributed by atoms with E-state index in [1.54, 1.807) is 0 Å². The van der Waals surface area contributed by atoms with Gasteiger partial charge >= 0.3 is 0 Å². The molecule has 2 unspecified atom stereocenters. The van der Waals surface area contributed by atoms with Gasteiger partial charge in [0.05, 0.1) is 0 Å². The maximum absolute atomic E-state index is 11.8. The van der Waals surface area contributed by atoms with Crippen molar-refractivity contribution in [1.82, 2.24) is 5.32 Å². The van der Waals surface area contributed by atoms with Crippen molar-refractivity contribution in [2.24, 2.45) is 17.6 Å². The lowest BCUT2D eigenvalue weighted by molar-refractivity contribution is -0.122. The van der Waals surface area contributed by atoms with Gasteiger partial charge in [-0.05, 0) is 37.0 Å². The van der Waals surface area contributed by atoms with Crippen molar-refractivity contribution in [3.8, 4) is 0 Å². The summed E-state index contributed by atoms with van der Waals surface area (Å²) in [4.78, 5) is 11.8. The highest BCUT2D eigenvalue weighted by atomic mass is 32.2. The quantitative estimate of drug-likeness (QED) is 0.746. The van der Waals surface area contributed by atoms with Crippen molar-refractivity contribution in [2.75, 3.05) is 18.1 Å². The van der Waals surface area contributed by atoms with E-state index in [9.17, 15) is 4.79 Å². The van der Waals surface area contributed by atoms with E-state index in [1.807, 2.05) is 11.8 Å². The van der Waals surface area contributed by atoms with Crippen LogP contribution < -0.4 is 11.1 Å². The molecule has 3 nitrogen and oxygen atoms in total. The normalized spacial score (nSPS) is 22.4. The van der Waals surface area contributed by atoms with Crippen molar-refractivity contribution in [3.05, 3.63) is 0 Å². The molecule has 1 heterocycles. The Morgan fingerprint density at radius 2 is 2.31 bits per heavy atom. The highest BCUT2D eigenvalue weighted by Crippen LogP contribution is 2.18. The van der Waals surface area contributed by atoms with Gasteiger partial charge in [-0.3, -0.25) is 4.79 Å². The number of thioether (sulfide) groups is 1. The minimum atomic E-state index is 0.184. The van der Waals surface area contributed by atoms with Gasteiger partial charge in [-0.1, -0.05) is 13.8 Å². The van der Waals surface area contributed by atoms with E-state index < -0.39 is 0 Å². The number of amides is 1. The molecule has 1 amide bonds. The lowest BCUT2D eigenvalue weighted by Gasteiger charge is -2.18. The van der Waals surface area contributed by atoms with Gasteiger partial charge in [-0.25, -0.2) is 0 Å². The monoisotopic (exact) mass is 244 g/mol. The zero-order chi connectivity index (χ0) is 12.0. The second-order valence-corrected chi connectivity index (χ2v) is 6.21. The van der Waals surface area contributed by atoms with Crippen LogP contribution in [0.3, 0.4) is 0 Å². The molecule has 0 saturated carbocycles.